The third-order valence-electron chi connectivity index (χ3n) is 4.05. The normalized spacial score (nSPS) is 16.6. The molecule has 0 amide bonds. The second-order valence-electron chi connectivity index (χ2n) is 6.09. The number of hydrogen-bond acceptors (Lipinski definition) is 2. The molecule has 0 aromatic heterocycles. The Hall–Kier alpha value is -1.25. The Bertz CT molecular complexity index is 589. The lowest BCUT2D eigenvalue weighted by Crippen LogP contribution is -2.21. The van der Waals surface area contributed by atoms with Crippen LogP contribution in [0.4, 0.5) is 0 Å². The number of thioether (sulfide) groups is 1. The van der Waals surface area contributed by atoms with Gasteiger partial charge in [-0.3, -0.25) is 0 Å². The van der Waals surface area contributed by atoms with Crippen molar-refractivity contribution in [3.8, 4) is 0 Å². The fourth-order valence-corrected chi connectivity index (χ4v) is 3.75. The minimum atomic E-state index is 0.540. The Kier molecular flexibility index (Phi) is 4.67. The molecule has 3 rings (SSSR count). The standard InChI is InChI=1S/C19H23NS/c1-14(2)20-12-15-7-9-18(10-8-15)21-13-17-11-16-5-3-4-6-19(16)17/h3-10,14,17,20H,11-13H2,1-2H3. The van der Waals surface area contributed by atoms with E-state index in [2.05, 4.69) is 67.7 Å². The molecule has 1 aliphatic rings. The Balaban J connectivity index is 1.50. The lowest BCUT2D eigenvalue weighted by Gasteiger charge is -2.29. The quantitative estimate of drug-likeness (QED) is 0.781. The first-order valence-corrected chi connectivity index (χ1v) is 8.74. The molecule has 0 fully saturated rings. The molecular formula is C19H23NS. The fraction of sp³-hybridized carbons (Fsp3) is 0.368. The maximum Gasteiger partial charge on any atom is 0.0207 e. The number of rotatable bonds is 6. The molecule has 1 nitrogen and oxygen atoms in total. The minimum Gasteiger partial charge on any atom is -0.310 e. The summed E-state index contributed by atoms with van der Waals surface area (Å²) in [4.78, 5) is 1.38. The van der Waals surface area contributed by atoms with Crippen molar-refractivity contribution in [1.29, 1.82) is 0 Å². The van der Waals surface area contributed by atoms with Crippen molar-refractivity contribution in [2.45, 2.75) is 43.7 Å². The molecule has 21 heavy (non-hydrogen) atoms. The molecule has 2 aromatic carbocycles. The van der Waals surface area contributed by atoms with Crippen LogP contribution >= 0.6 is 11.8 Å². The van der Waals surface area contributed by atoms with Crippen LogP contribution in [0.1, 0.15) is 36.5 Å². The number of hydrogen-bond donors (Lipinski definition) is 1. The average molecular weight is 297 g/mol. The second kappa shape index (κ2) is 6.67. The van der Waals surface area contributed by atoms with E-state index in [4.69, 9.17) is 0 Å². The van der Waals surface area contributed by atoms with E-state index in [1.165, 1.54) is 22.6 Å². The van der Waals surface area contributed by atoms with Gasteiger partial charge in [-0.15, -0.1) is 11.8 Å². The second-order valence-corrected chi connectivity index (χ2v) is 7.18. The molecule has 1 unspecified atom stereocenters. The van der Waals surface area contributed by atoms with Crippen molar-refractivity contribution in [2.24, 2.45) is 0 Å². The van der Waals surface area contributed by atoms with Crippen LogP contribution in [0.2, 0.25) is 0 Å². The maximum absolute atomic E-state index is 3.45. The third kappa shape index (κ3) is 3.69. The maximum atomic E-state index is 3.45. The van der Waals surface area contributed by atoms with Gasteiger partial charge in [0.2, 0.25) is 0 Å². The Morgan fingerprint density at radius 2 is 1.86 bits per heavy atom. The van der Waals surface area contributed by atoms with E-state index in [1.807, 2.05) is 11.8 Å². The van der Waals surface area contributed by atoms with E-state index in [0.29, 0.717) is 6.04 Å². The van der Waals surface area contributed by atoms with E-state index in [1.54, 1.807) is 11.1 Å². The van der Waals surface area contributed by atoms with E-state index in [0.717, 1.165) is 12.5 Å². The first-order chi connectivity index (χ1) is 10.2. The van der Waals surface area contributed by atoms with Crippen LogP contribution in [0.3, 0.4) is 0 Å². The highest BCUT2D eigenvalue weighted by Crippen LogP contribution is 2.38. The molecule has 110 valence electrons. The number of fused-ring (bicyclic) bond motifs is 1. The largest absolute Gasteiger partial charge is 0.310 e. The highest BCUT2D eigenvalue weighted by molar-refractivity contribution is 7.99. The molecule has 0 heterocycles. The summed E-state index contributed by atoms with van der Waals surface area (Å²) in [6.07, 6.45) is 1.25. The van der Waals surface area contributed by atoms with Crippen LogP contribution in [-0.4, -0.2) is 11.8 Å². The van der Waals surface area contributed by atoms with Crippen molar-refractivity contribution >= 4 is 11.8 Å². The van der Waals surface area contributed by atoms with Crippen molar-refractivity contribution in [2.75, 3.05) is 5.75 Å². The highest BCUT2D eigenvalue weighted by Gasteiger charge is 2.24. The predicted octanol–water partition coefficient (Wildman–Crippen LogP) is 4.62. The molecular weight excluding hydrogens is 274 g/mol. The molecule has 1 N–H and O–H groups in total. The molecule has 0 aliphatic heterocycles. The van der Waals surface area contributed by atoms with Crippen LogP contribution in [-0.2, 0) is 13.0 Å². The van der Waals surface area contributed by atoms with E-state index >= 15 is 0 Å². The lowest BCUT2D eigenvalue weighted by atomic mass is 9.79. The molecule has 0 bridgehead atoms. The van der Waals surface area contributed by atoms with Crippen LogP contribution in [0.25, 0.3) is 0 Å². The van der Waals surface area contributed by atoms with Crippen molar-refractivity contribution in [1.82, 2.24) is 5.32 Å². The summed E-state index contributed by atoms with van der Waals surface area (Å²) in [7, 11) is 0. The topological polar surface area (TPSA) is 12.0 Å². The Morgan fingerprint density at radius 3 is 2.57 bits per heavy atom. The minimum absolute atomic E-state index is 0.540. The molecule has 2 heteroatoms. The monoisotopic (exact) mass is 297 g/mol. The fourth-order valence-electron chi connectivity index (χ4n) is 2.73. The van der Waals surface area contributed by atoms with Crippen LogP contribution in [0.15, 0.2) is 53.4 Å². The summed E-state index contributed by atoms with van der Waals surface area (Å²) < 4.78 is 0. The zero-order chi connectivity index (χ0) is 14.7. The SMILES string of the molecule is CC(C)NCc1ccc(SCC2Cc3ccccc32)cc1. The smallest absolute Gasteiger partial charge is 0.0207 e. The summed E-state index contributed by atoms with van der Waals surface area (Å²) in [5.41, 5.74) is 4.46. The molecule has 0 saturated heterocycles. The number of nitrogens with one attached hydrogen (secondary N) is 1. The molecule has 1 atom stereocenters. The van der Waals surface area contributed by atoms with Gasteiger partial charge in [0.1, 0.15) is 0 Å². The Morgan fingerprint density at radius 1 is 1.10 bits per heavy atom. The first-order valence-electron chi connectivity index (χ1n) is 7.75. The van der Waals surface area contributed by atoms with Gasteiger partial charge in [0.05, 0.1) is 0 Å². The van der Waals surface area contributed by atoms with Gasteiger partial charge in [-0.25, -0.2) is 0 Å². The summed E-state index contributed by atoms with van der Waals surface area (Å²) in [6, 6.07) is 18.4. The van der Waals surface area contributed by atoms with Crippen LogP contribution in [0, 0.1) is 0 Å². The van der Waals surface area contributed by atoms with Crippen molar-refractivity contribution in [3.63, 3.8) is 0 Å². The molecule has 0 saturated carbocycles. The third-order valence-corrected chi connectivity index (χ3v) is 5.22. The summed E-state index contributed by atoms with van der Waals surface area (Å²) >= 11 is 1.98. The summed E-state index contributed by atoms with van der Waals surface area (Å²) in [5, 5.41) is 3.45. The van der Waals surface area contributed by atoms with Crippen molar-refractivity contribution in [3.05, 3.63) is 65.2 Å². The molecule has 0 spiro atoms. The van der Waals surface area contributed by atoms with Gasteiger partial charge in [0.25, 0.3) is 0 Å². The molecule has 2 aromatic rings. The molecule has 1 aliphatic carbocycles. The van der Waals surface area contributed by atoms with Crippen LogP contribution in [0.5, 0.6) is 0 Å². The average Bonchev–Trinajstić information content (AvgIpc) is 2.47. The molecule has 0 radical (unpaired) electrons. The van der Waals surface area contributed by atoms with Gasteiger partial charge >= 0.3 is 0 Å². The number of benzene rings is 2. The van der Waals surface area contributed by atoms with Gasteiger partial charge in [0.15, 0.2) is 0 Å². The van der Waals surface area contributed by atoms with Gasteiger partial charge in [-0.1, -0.05) is 50.2 Å². The zero-order valence-electron chi connectivity index (χ0n) is 12.8. The predicted molar refractivity (Wildman–Crippen MR) is 92.0 cm³/mol. The van der Waals surface area contributed by atoms with Gasteiger partial charge in [0, 0.05) is 23.2 Å². The summed E-state index contributed by atoms with van der Waals surface area (Å²) in [6.45, 7) is 5.32. The van der Waals surface area contributed by atoms with E-state index in [-0.39, 0.29) is 0 Å². The summed E-state index contributed by atoms with van der Waals surface area (Å²) in [5.74, 6) is 1.94. The van der Waals surface area contributed by atoms with Gasteiger partial charge in [-0.2, -0.15) is 0 Å². The van der Waals surface area contributed by atoms with Crippen molar-refractivity contribution < 1.29 is 0 Å². The van der Waals surface area contributed by atoms with Gasteiger partial charge < -0.3 is 5.32 Å². The lowest BCUT2D eigenvalue weighted by molar-refractivity contribution is 0.588. The highest BCUT2D eigenvalue weighted by atomic mass is 32.2. The zero-order valence-corrected chi connectivity index (χ0v) is 13.6. The van der Waals surface area contributed by atoms with E-state index < -0.39 is 0 Å². The van der Waals surface area contributed by atoms with E-state index in [9.17, 15) is 0 Å². The Labute approximate surface area is 132 Å². The first kappa shape index (κ1) is 14.7. The van der Waals surface area contributed by atoms with Gasteiger partial charge in [-0.05, 0) is 41.2 Å². The van der Waals surface area contributed by atoms with Crippen LogP contribution < -0.4 is 5.32 Å².